The van der Waals surface area contributed by atoms with Crippen molar-refractivity contribution in [1.29, 1.82) is 0 Å². The summed E-state index contributed by atoms with van der Waals surface area (Å²) in [7, 11) is 0. The van der Waals surface area contributed by atoms with E-state index < -0.39 is 0 Å². The van der Waals surface area contributed by atoms with Crippen LogP contribution < -0.4 is 11.0 Å². The third kappa shape index (κ3) is 2.71. The smallest absolute Gasteiger partial charge is 0.290 e. The highest BCUT2D eigenvalue weighted by atomic mass is 16.3. The monoisotopic (exact) mass is 351 g/mol. The second-order valence-corrected chi connectivity index (χ2v) is 6.53. The molecule has 0 spiro atoms. The van der Waals surface area contributed by atoms with Gasteiger partial charge >= 0.3 is 0 Å². The van der Waals surface area contributed by atoms with Crippen molar-refractivity contribution in [3.05, 3.63) is 73.2 Å². The first kappa shape index (κ1) is 16.3. The van der Waals surface area contributed by atoms with Crippen molar-refractivity contribution in [2.24, 2.45) is 0 Å². The van der Waals surface area contributed by atoms with E-state index in [-0.39, 0.29) is 29.2 Å². The fourth-order valence-corrected chi connectivity index (χ4v) is 3.26. The van der Waals surface area contributed by atoms with E-state index in [0.29, 0.717) is 41.0 Å². The number of nitrogens with one attached hydrogen (secondary N) is 1. The van der Waals surface area contributed by atoms with Crippen LogP contribution in [-0.2, 0) is 13.0 Å². The number of amides is 1. The molecule has 0 saturated heterocycles. The van der Waals surface area contributed by atoms with E-state index in [4.69, 9.17) is 4.42 Å². The maximum Gasteiger partial charge on any atom is 0.290 e. The largest absolute Gasteiger partial charge is 0.451 e. The van der Waals surface area contributed by atoms with Gasteiger partial charge in [0.05, 0.1) is 17.6 Å². The van der Waals surface area contributed by atoms with Gasteiger partial charge in [0, 0.05) is 18.2 Å². The highest BCUT2D eigenvalue weighted by Crippen LogP contribution is 2.19. The van der Waals surface area contributed by atoms with E-state index in [1.54, 1.807) is 24.0 Å². The predicted octanol–water partition coefficient (Wildman–Crippen LogP) is 1.69. The molecule has 1 aromatic carbocycles. The molecule has 7 nitrogen and oxygen atoms in total. The highest BCUT2D eigenvalue weighted by molar-refractivity contribution is 5.93. The Morgan fingerprint density at radius 1 is 1.23 bits per heavy atom. The Bertz CT molecular complexity index is 1160. The normalized spacial score (nSPS) is 13.7. The van der Waals surface area contributed by atoms with Gasteiger partial charge in [-0.05, 0) is 38.0 Å². The molecule has 0 radical (unpaired) electrons. The Morgan fingerprint density at radius 2 is 2.04 bits per heavy atom. The van der Waals surface area contributed by atoms with E-state index >= 15 is 0 Å². The van der Waals surface area contributed by atoms with Crippen LogP contribution in [0.1, 0.15) is 33.2 Å². The molecule has 0 unspecified atom stereocenters. The quantitative estimate of drug-likeness (QED) is 0.720. The summed E-state index contributed by atoms with van der Waals surface area (Å²) < 4.78 is 5.69. The molecule has 0 atom stereocenters. The summed E-state index contributed by atoms with van der Waals surface area (Å²) >= 11 is 0. The second kappa shape index (κ2) is 5.94. The molecule has 1 aliphatic heterocycles. The number of aromatic nitrogens is 2. The summed E-state index contributed by atoms with van der Waals surface area (Å²) in [5.41, 5.74) is 2.12. The molecule has 7 heteroatoms. The van der Waals surface area contributed by atoms with Crippen LogP contribution in [0.25, 0.3) is 11.0 Å². The van der Waals surface area contributed by atoms with Gasteiger partial charge in [0.1, 0.15) is 11.4 Å². The van der Waals surface area contributed by atoms with Crippen LogP contribution in [0, 0.1) is 13.8 Å². The molecular weight excluding hydrogens is 334 g/mol. The number of aromatic amines is 1. The van der Waals surface area contributed by atoms with Crippen LogP contribution in [0.3, 0.4) is 0 Å². The first-order chi connectivity index (χ1) is 12.4. The van der Waals surface area contributed by atoms with Crippen molar-refractivity contribution >= 4 is 16.9 Å². The van der Waals surface area contributed by atoms with Gasteiger partial charge in [-0.15, -0.1) is 0 Å². The minimum absolute atomic E-state index is 0.00175. The lowest BCUT2D eigenvalue weighted by Crippen LogP contribution is -2.39. The summed E-state index contributed by atoms with van der Waals surface area (Å²) in [5.74, 6) is 0.129. The maximum atomic E-state index is 12.8. The van der Waals surface area contributed by atoms with E-state index in [0.717, 1.165) is 5.56 Å². The number of carbonyl (C=O) groups excluding carboxylic acids is 1. The molecular formula is C19H17N3O4. The lowest BCUT2D eigenvalue weighted by Gasteiger charge is -2.27. The third-order valence-electron chi connectivity index (χ3n) is 4.57. The van der Waals surface area contributed by atoms with Gasteiger partial charge in [-0.3, -0.25) is 14.4 Å². The van der Waals surface area contributed by atoms with Crippen LogP contribution in [0.4, 0.5) is 0 Å². The van der Waals surface area contributed by atoms with Crippen LogP contribution in [0.5, 0.6) is 0 Å². The zero-order valence-electron chi connectivity index (χ0n) is 14.5. The van der Waals surface area contributed by atoms with Crippen molar-refractivity contribution in [1.82, 2.24) is 14.9 Å². The Hall–Kier alpha value is -3.22. The lowest BCUT2D eigenvalue weighted by molar-refractivity contribution is 0.0699. The number of carbonyl (C=O) groups is 1. The number of hydrogen-bond acceptors (Lipinski definition) is 5. The minimum atomic E-state index is -0.379. The summed E-state index contributed by atoms with van der Waals surface area (Å²) in [5, 5.41) is 0.444. The molecule has 2 aromatic heterocycles. The fourth-order valence-electron chi connectivity index (χ4n) is 3.26. The van der Waals surface area contributed by atoms with Crippen LogP contribution >= 0.6 is 0 Å². The molecule has 3 heterocycles. The highest BCUT2D eigenvalue weighted by Gasteiger charge is 2.26. The number of fused-ring (bicyclic) bond motifs is 2. The third-order valence-corrected chi connectivity index (χ3v) is 4.57. The van der Waals surface area contributed by atoms with Gasteiger partial charge < -0.3 is 14.3 Å². The molecule has 0 aliphatic carbocycles. The molecule has 132 valence electrons. The average molecular weight is 351 g/mol. The Kier molecular flexibility index (Phi) is 3.72. The molecule has 1 aliphatic rings. The van der Waals surface area contributed by atoms with Gasteiger partial charge in [0.15, 0.2) is 11.2 Å². The molecule has 0 bridgehead atoms. The standard InChI is InChI=1S/C19H17N3O4/c1-10-3-4-13-15(23)8-17(26-16(13)7-10)19(25)22-6-5-12-14(9-22)20-11(2)21-18(12)24/h3-4,7-8H,5-6,9H2,1-2H3,(H,20,21,24). The van der Waals surface area contributed by atoms with E-state index in [1.165, 1.54) is 6.07 Å². The number of H-pyrrole nitrogens is 1. The number of nitrogens with zero attached hydrogens (tertiary/aromatic N) is 2. The van der Waals surface area contributed by atoms with Crippen molar-refractivity contribution in [2.75, 3.05) is 6.54 Å². The number of rotatable bonds is 1. The van der Waals surface area contributed by atoms with Crippen molar-refractivity contribution in [2.45, 2.75) is 26.8 Å². The van der Waals surface area contributed by atoms with E-state index in [1.807, 2.05) is 13.0 Å². The van der Waals surface area contributed by atoms with Crippen LogP contribution in [-0.4, -0.2) is 27.3 Å². The van der Waals surface area contributed by atoms with Gasteiger partial charge in [0.2, 0.25) is 0 Å². The van der Waals surface area contributed by atoms with Crippen molar-refractivity contribution < 1.29 is 9.21 Å². The Labute approximate surface area is 148 Å². The first-order valence-electron chi connectivity index (χ1n) is 8.35. The summed E-state index contributed by atoms with van der Waals surface area (Å²) in [6, 6.07) is 6.49. The maximum absolute atomic E-state index is 12.8. The molecule has 1 N–H and O–H groups in total. The van der Waals surface area contributed by atoms with Crippen LogP contribution in [0.2, 0.25) is 0 Å². The molecule has 26 heavy (non-hydrogen) atoms. The van der Waals surface area contributed by atoms with Gasteiger partial charge in [-0.2, -0.15) is 0 Å². The summed E-state index contributed by atoms with van der Waals surface area (Å²) in [6.45, 7) is 4.18. The van der Waals surface area contributed by atoms with Gasteiger partial charge in [-0.25, -0.2) is 4.98 Å². The number of benzene rings is 1. The first-order valence-corrected chi connectivity index (χ1v) is 8.35. The molecule has 0 saturated carbocycles. The van der Waals surface area contributed by atoms with Gasteiger partial charge in [0.25, 0.3) is 11.5 Å². The zero-order valence-corrected chi connectivity index (χ0v) is 14.5. The number of aryl methyl sites for hydroxylation is 2. The molecule has 1 amide bonds. The van der Waals surface area contributed by atoms with E-state index in [9.17, 15) is 14.4 Å². The SMILES string of the molecule is Cc1ccc2c(=O)cc(C(=O)N3CCc4c(nc(C)[nH]c4=O)C3)oc2c1. The van der Waals surface area contributed by atoms with Crippen molar-refractivity contribution in [3.8, 4) is 0 Å². The zero-order chi connectivity index (χ0) is 18.4. The molecule has 0 fully saturated rings. The predicted molar refractivity (Wildman–Crippen MR) is 95.3 cm³/mol. The average Bonchev–Trinajstić information content (AvgIpc) is 2.59. The Morgan fingerprint density at radius 3 is 2.85 bits per heavy atom. The van der Waals surface area contributed by atoms with Gasteiger partial charge in [-0.1, -0.05) is 6.07 Å². The summed E-state index contributed by atoms with van der Waals surface area (Å²) in [6.07, 6.45) is 0.417. The second-order valence-electron chi connectivity index (χ2n) is 6.53. The topological polar surface area (TPSA) is 96.3 Å². The number of hydrogen-bond donors (Lipinski definition) is 1. The Balaban J connectivity index is 1.71. The van der Waals surface area contributed by atoms with Crippen molar-refractivity contribution in [3.63, 3.8) is 0 Å². The van der Waals surface area contributed by atoms with Crippen LogP contribution in [0.15, 0.2) is 38.3 Å². The van der Waals surface area contributed by atoms with E-state index in [2.05, 4.69) is 9.97 Å². The molecule has 3 aromatic rings. The summed E-state index contributed by atoms with van der Waals surface area (Å²) in [4.78, 5) is 45.7. The fraction of sp³-hybridized carbons (Fsp3) is 0.263. The minimum Gasteiger partial charge on any atom is -0.451 e. The molecule has 4 rings (SSSR count). The lowest BCUT2D eigenvalue weighted by atomic mass is 10.1.